The molecule has 248 valence electrons. The van der Waals surface area contributed by atoms with Crippen LogP contribution in [0.3, 0.4) is 0 Å². The van der Waals surface area contributed by atoms with Crippen LogP contribution in [0, 0.1) is 25.7 Å². The number of aryl methyl sites for hydroxylation is 2. The number of para-hydroxylation sites is 1. The number of halogens is 1. The van der Waals surface area contributed by atoms with Crippen molar-refractivity contribution in [3.63, 3.8) is 0 Å². The SMILES string of the molecule is Cc1cccc(C)c1N1C/C=C\CCC(=O)NC[C@@H](C)OC(=O)[C@@H]2[C@H]3O[C@@]4(C=C3Br)[C@H](C1=O)N([C@@H](CO)Cc1ccccc1)C(=O)[C@@H]24. The predicted molar refractivity (Wildman–Crippen MR) is 178 cm³/mol. The zero-order valence-corrected chi connectivity index (χ0v) is 28.3. The first kappa shape index (κ1) is 33.1. The molecule has 7 atom stereocenters. The van der Waals surface area contributed by atoms with Crippen LogP contribution in [-0.4, -0.2) is 83.3 Å². The number of rotatable bonds is 5. The van der Waals surface area contributed by atoms with Gasteiger partial charge in [-0.15, -0.1) is 0 Å². The van der Waals surface area contributed by atoms with Gasteiger partial charge in [0.05, 0.1) is 25.1 Å². The number of anilines is 1. The average Bonchev–Trinajstić information content (AvgIpc) is 3.64. The molecule has 10 nitrogen and oxygen atoms in total. The Hall–Kier alpha value is -3.80. The third kappa shape index (κ3) is 5.93. The molecule has 2 saturated heterocycles. The maximum absolute atomic E-state index is 15.3. The van der Waals surface area contributed by atoms with Crippen LogP contribution < -0.4 is 10.2 Å². The molecule has 47 heavy (non-hydrogen) atoms. The van der Waals surface area contributed by atoms with E-state index < -0.39 is 66.1 Å². The van der Waals surface area contributed by atoms with E-state index in [9.17, 15) is 19.5 Å². The Balaban J connectivity index is 1.52. The van der Waals surface area contributed by atoms with Gasteiger partial charge in [0.2, 0.25) is 11.8 Å². The van der Waals surface area contributed by atoms with Crippen LogP contribution in [0.15, 0.2) is 71.2 Å². The Kier molecular flexibility index (Phi) is 9.42. The fraction of sp³-hybridized carbons (Fsp3) is 0.444. The van der Waals surface area contributed by atoms with Crippen molar-refractivity contribution in [2.75, 3.05) is 24.6 Å². The smallest absolute Gasteiger partial charge is 0.313 e. The lowest BCUT2D eigenvalue weighted by Crippen LogP contribution is -2.59. The van der Waals surface area contributed by atoms with Gasteiger partial charge >= 0.3 is 5.97 Å². The minimum Gasteiger partial charge on any atom is -0.460 e. The third-order valence-electron chi connectivity index (χ3n) is 9.66. The molecule has 2 fully saturated rings. The molecule has 0 unspecified atom stereocenters. The number of carbonyl (C=O) groups excluding carboxylic acids is 4. The van der Waals surface area contributed by atoms with Crippen molar-refractivity contribution >= 4 is 45.3 Å². The molecule has 0 aliphatic carbocycles. The van der Waals surface area contributed by atoms with E-state index in [4.69, 9.17) is 9.47 Å². The van der Waals surface area contributed by atoms with Gasteiger partial charge in [-0.3, -0.25) is 19.2 Å². The van der Waals surface area contributed by atoms with Crippen molar-refractivity contribution in [2.24, 2.45) is 11.8 Å². The largest absolute Gasteiger partial charge is 0.460 e. The molecule has 2 aromatic carbocycles. The number of ether oxygens (including phenoxy) is 2. The molecule has 6 rings (SSSR count). The topological polar surface area (TPSA) is 125 Å². The molecule has 4 aliphatic rings. The van der Waals surface area contributed by atoms with Gasteiger partial charge in [-0.2, -0.15) is 0 Å². The number of carbonyl (C=O) groups is 4. The standard InChI is InChI=1S/C36H40BrN3O7/c1-21-11-10-12-22(2)30(21)39-16-9-5-8-15-27(42)38-19-23(3)46-35(45)28-29-33(43)40(25(20-41)17-24-13-6-4-7-14-24)32(34(39)44)36(29)18-26(37)31(28)47-36/h4-7,9-14,18,23,25,28-29,31-32,41H,8,15-17,19-20H2,1-3H3,(H,38,42)/b9-5-/t23-,25-,28+,29-,31+,32+,36-/m1/s1. The molecule has 2 aromatic rings. The Morgan fingerprint density at radius 2 is 1.74 bits per heavy atom. The Bertz CT molecular complexity index is 1610. The second-order valence-electron chi connectivity index (χ2n) is 12.8. The van der Waals surface area contributed by atoms with Crippen LogP contribution in [-0.2, 0) is 35.1 Å². The third-order valence-corrected chi connectivity index (χ3v) is 10.3. The highest BCUT2D eigenvalue weighted by atomic mass is 79.9. The number of allylic oxidation sites excluding steroid dienone is 1. The number of likely N-dealkylation sites (tertiary alicyclic amines) is 1. The lowest BCUT2D eigenvalue weighted by Gasteiger charge is -2.39. The van der Waals surface area contributed by atoms with Gasteiger partial charge in [-0.1, -0.05) is 76.6 Å². The highest BCUT2D eigenvalue weighted by Crippen LogP contribution is 2.59. The van der Waals surface area contributed by atoms with Crippen LogP contribution in [0.25, 0.3) is 0 Å². The van der Waals surface area contributed by atoms with Crippen LogP contribution >= 0.6 is 15.9 Å². The lowest BCUT2D eigenvalue weighted by atomic mass is 9.74. The zero-order valence-electron chi connectivity index (χ0n) is 26.7. The van der Waals surface area contributed by atoms with Gasteiger partial charge < -0.3 is 29.7 Å². The molecule has 4 heterocycles. The molecule has 11 heteroatoms. The first-order valence-corrected chi connectivity index (χ1v) is 16.9. The summed E-state index contributed by atoms with van der Waals surface area (Å²) < 4.78 is 13.0. The highest BCUT2D eigenvalue weighted by molar-refractivity contribution is 9.11. The van der Waals surface area contributed by atoms with Crippen molar-refractivity contribution in [3.05, 3.63) is 87.9 Å². The summed E-state index contributed by atoms with van der Waals surface area (Å²) in [4.78, 5) is 59.5. The van der Waals surface area contributed by atoms with E-state index in [1.165, 1.54) is 4.90 Å². The molecule has 0 radical (unpaired) electrons. The molecular formula is C36H40BrN3O7. The highest BCUT2D eigenvalue weighted by Gasteiger charge is 2.75. The van der Waals surface area contributed by atoms with Gasteiger partial charge in [-0.25, -0.2) is 0 Å². The van der Waals surface area contributed by atoms with Crippen LogP contribution in [0.5, 0.6) is 0 Å². The summed E-state index contributed by atoms with van der Waals surface area (Å²) in [6.45, 7) is 5.42. The number of amides is 3. The van der Waals surface area contributed by atoms with Gasteiger partial charge in [0.15, 0.2) is 0 Å². The molecule has 0 saturated carbocycles. The number of fused-ring (bicyclic) bond motifs is 2. The summed E-state index contributed by atoms with van der Waals surface area (Å²) in [5, 5.41) is 13.6. The van der Waals surface area contributed by atoms with Crippen molar-refractivity contribution in [3.8, 4) is 0 Å². The van der Waals surface area contributed by atoms with Crippen LogP contribution in [0.1, 0.15) is 36.5 Å². The minimum absolute atomic E-state index is 0.116. The van der Waals surface area contributed by atoms with E-state index in [1.807, 2.05) is 74.5 Å². The second kappa shape index (κ2) is 13.4. The van der Waals surface area contributed by atoms with E-state index in [2.05, 4.69) is 21.2 Å². The van der Waals surface area contributed by atoms with E-state index in [0.29, 0.717) is 23.0 Å². The second-order valence-corrected chi connectivity index (χ2v) is 13.8. The fourth-order valence-electron chi connectivity index (χ4n) is 7.58. The van der Waals surface area contributed by atoms with Crippen LogP contribution in [0.4, 0.5) is 5.69 Å². The van der Waals surface area contributed by atoms with Crippen LogP contribution in [0.2, 0.25) is 0 Å². The number of cyclic esters (lactones) is 1. The predicted octanol–water partition coefficient (Wildman–Crippen LogP) is 3.51. The monoisotopic (exact) mass is 705 g/mol. The number of benzene rings is 2. The summed E-state index contributed by atoms with van der Waals surface area (Å²) >= 11 is 3.59. The van der Waals surface area contributed by atoms with Crippen molar-refractivity contribution in [1.82, 2.24) is 10.2 Å². The molecule has 2 N–H and O–H groups in total. The summed E-state index contributed by atoms with van der Waals surface area (Å²) in [7, 11) is 0. The maximum atomic E-state index is 15.3. The zero-order chi connectivity index (χ0) is 33.5. The number of hydrogen-bond donors (Lipinski definition) is 2. The van der Waals surface area contributed by atoms with E-state index in [0.717, 1.165) is 16.7 Å². The Morgan fingerprint density at radius 3 is 2.45 bits per heavy atom. The number of nitrogens with zero attached hydrogens (tertiary/aromatic N) is 2. The lowest BCUT2D eigenvalue weighted by molar-refractivity contribution is -0.159. The molecule has 1 spiro atoms. The van der Waals surface area contributed by atoms with E-state index >= 15 is 4.79 Å². The van der Waals surface area contributed by atoms with E-state index in [1.54, 1.807) is 17.9 Å². The van der Waals surface area contributed by atoms with Gasteiger partial charge in [0.25, 0.3) is 5.91 Å². The summed E-state index contributed by atoms with van der Waals surface area (Å²) in [6.07, 6.45) is 4.96. The number of aliphatic hydroxyl groups is 1. The summed E-state index contributed by atoms with van der Waals surface area (Å²) in [5.41, 5.74) is 1.84. The molecule has 4 aliphatic heterocycles. The number of esters is 1. The quantitative estimate of drug-likeness (QED) is 0.360. The van der Waals surface area contributed by atoms with Gasteiger partial charge in [-0.05, 0) is 56.4 Å². The molecule has 5 bridgehead atoms. The van der Waals surface area contributed by atoms with Crippen molar-refractivity contribution in [1.29, 1.82) is 0 Å². The van der Waals surface area contributed by atoms with Crippen molar-refractivity contribution < 1.29 is 33.8 Å². The normalized spacial score (nSPS) is 30.9. The average molecular weight is 707 g/mol. The Morgan fingerprint density at radius 1 is 1.02 bits per heavy atom. The minimum atomic E-state index is -1.49. The van der Waals surface area contributed by atoms with Gasteiger partial charge in [0, 0.05) is 23.1 Å². The first-order valence-electron chi connectivity index (χ1n) is 16.1. The first-order chi connectivity index (χ1) is 22.6. The van der Waals surface area contributed by atoms with Crippen molar-refractivity contribution in [2.45, 2.75) is 69.9 Å². The molecule has 0 aromatic heterocycles. The number of hydrogen-bond acceptors (Lipinski definition) is 7. The number of aliphatic hydroxyl groups excluding tert-OH is 1. The molecule has 3 amide bonds. The fourth-order valence-corrected chi connectivity index (χ4v) is 8.32. The van der Waals surface area contributed by atoms with E-state index in [-0.39, 0.29) is 25.4 Å². The summed E-state index contributed by atoms with van der Waals surface area (Å²) in [6, 6.07) is 13.3. The summed E-state index contributed by atoms with van der Waals surface area (Å²) in [5.74, 6) is -3.77. The van der Waals surface area contributed by atoms with Gasteiger partial charge in [0.1, 0.15) is 29.8 Å². The maximum Gasteiger partial charge on any atom is 0.313 e. The number of nitrogens with one attached hydrogen (secondary N) is 1. The Labute approximate surface area is 282 Å². The molecular weight excluding hydrogens is 666 g/mol.